The highest BCUT2D eigenvalue weighted by Crippen LogP contribution is 2.29. The average molecular weight is 210 g/mol. The molecule has 0 aliphatic heterocycles. The molecule has 1 rings (SSSR count). The Labute approximate surface area is 89.1 Å². The number of carbonyl (C=O) groups is 1. The first-order chi connectivity index (χ1) is 7.24. The minimum absolute atomic E-state index is 0.0309. The highest BCUT2D eigenvalue weighted by atomic mass is 19.1. The van der Waals surface area contributed by atoms with Gasteiger partial charge in [-0.3, -0.25) is 0 Å². The van der Waals surface area contributed by atoms with Gasteiger partial charge >= 0.3 is 0 Å². The molecule has 0 saturated carbocycles. The van der Waals surface area contributed by atoms with Crippen molar-refractivity contribution in [1.82, 2.24) is 0 Å². The van der Waals surface area contributed by atoms with Crippen LogP contribution in [-0.4, -0.2) is 13.4 Å². The second kappa shape index (κ2) is 5.49. The molecule has 0 aromatic heterocycles. The van der Waals surface area contributed by atoms with Crippen LogP contribution in [0.25, 0.3) is 0 Å². The first kappa shape index (κ1) is 11.7. The molecular weight excluding hydrogens is 195 g/mol. The Morgan fingerprint density at radius 2 is 2.27 bits per heavy atom. The maximum Gasteiger partial charge on any atom is 0.124 e. The largest absolute Gasteiger partial charge is 0.496 e. The molecule has 0 fully saturated rings. The van der Waals surface area contributed by atoms with Crippen LogP contribution >= 0.6 is 0 Å². The third-order valence-electron chi connectivity index (χ3n) is 2.50. The van der Waals surface area contributed by atoms with E-state index in [4.69, 9.17) is 4.74 Å². The highest BCUT2D eigenvalue weighted by Gasteiger charge is 2.13. The van der Waals surface area contributed by atoms with Crippen molar-refractivity contribution in [3.63, 3.8) is 0 Å². The summed E-state index contributed by atoms with van der Waals surface area (Å²) < 4.78 is 17.9. The lowest BCUT2D eigenvalue weighted by Crippen LogP contribution is -2.01. The van der Waals surface area contributed by atoms with Gasteiger partial charge in [0, 0.05) is 12.0 Å². The van der Waals surface area contributed by atoms with Crippen molar-refractivity contribution in [2.75, 3.05) is 7.11 Å². The molecule has 1 atom stereocenters. The van der Waals surface area contributed by atoms with Crippen molar-refractivity contribution >= 4 is 6.29 Å². The van der Waals surface area contributed by atoms with Crippen molar-refractivity contribution in [2.24, 2.45) is 0 Å². The topological polar surface area (TPSA) is 26.3 Å². The summed E-state index contributed by atoms with van der Waals surface area (Å²) in [6, 6.07) is 5.38. The molecule has 0 amide bonds. The van der Waals surface area contributed by atoms with Gasteiger partial charge in [-0.2, -0.15) is 0 Å². The van der Waals surface area contributed by atoms with Gasteiger partial charge in [0.2, 0.25) is 0 Å². The van der Waals surface area contributed by atoms with Crippen molar-refractivity contribution in [3.05, 3.63) is 29.3 Å². The molecule has 1 aromatic carbocycles. The lowest BCUT2D eigenvalue weighted by molar-refractivity contribution is -0.108. The quantitative estimate of drug-likeness (QED) is 0.698. The summed E-state index contributed by atoms with van der Waals surface area (Å²) in [6.45, 7) is 1.34. The Kier molecular flexibility index (Phi) is 4.28. The predicted octanol–water partition coefficient (Wildman–Crippen LogP) is 2.86. The van der Waals surface area contributed by atoms with Gasteiger partial charge < -0.3 is 9.53 Å². The molecule has 0 N–H and O–H groups in total. The normalized spacial score (nSPS) is 12.2. The third-order valence-corrected chi connectivity index (χ3v) is 2.50. The van der Waals surface area contributed by atoms with Gasteiger partial charge in [-0.25, -0.2) is 4.39 Å². The summed E-state index contributed by atoms with van der Waals surface area (Å²) >= 11 is 0. The molecule has 0 heterocycles. The van der Waals surface area contributed by atoms with E-state index in [1.54, 1.807) is 6.07 Å². The van der Waals surface area contributed by atoms with E-state index in [9.17, 15) is 9.18 Å². The summed E-state index contributed by atoms with van der Waals surface area (Å²) in [6.07, 6.45) is 1.26. The molecule has 0 radical (unpaired) electrons. The Morgan fingerprint density at radius 1 is 1.53 bits per heavy atom. The van der Waals surface area contributed by atoms with Crippen LogP contribution in [0.1, 0.15) is 30.4 Å². The Morgan fingerprint density at radius 3 is 2.80 bits per heavy atom. The van der Waals surface area contributed by atoms with Crippen LogP contribution in [0.5, 0.6) is 5.75 Å². The number of carbonyl (C=O) groups excluding carboxylic acids is 1. The monoisotopic (exact) mass is 210 g/mol. The zero-order valence-electron chi connectivity index (χ0n) is 9.00. The Bertz CT molecular complexity index is 336. The van der Waals surface area contributed by atoms with E-state index >= 15 is 0 Å². The second-order valence-corrected chi connectivity index (χ2v) is 3.47. The molecule has 2 nitrogen and oxygen atoms in total. The number of ether oxygens (including phenoxy) is 1. The van der Waals surface area contributed by atoms with E-state index in [-0.39, 0.29) is 5.92 Å². The lowest BCUT2D eigenvalue weighted by Gasteiger charge is -2.15. The van der Waals surface area contributed by atoms with Crippen LogP contribution in [0.3, 0.4) is 0 Å². The summed E-state index contributed by atoms with van der Waals surface area (Å²) in [5.41, 5.74) is 1.40. The van der Waals surface area contributed by atoms with Crippen LogP contribution in [0.4, 0.5) is 4.39 Å². The highest BCUT2D eigenvalue weighted by molar-refractivity contribution is 5.53. The van der Waals surface area contributed by atoms with Crippen molar-refractivity contribution in [3.8, 4) is 5.75 Å². The van der Waals surface area contributed by atoms with Crippen LogP contribution < -0.4 is 4.74 Å². The third kappa shape index (κ3) is 2.55. The average Bonchev–Trinajstić information content (AvgIpc) is 2.28. The van der Waals surface area contributed by atoms with E-state index in [1.165, 1.54) is 7.11 Å². The number of rotatable bonds is 5. The van der Waals surface area contributed by atoms with Crippen LogP contribution in [0.2, 0.25) is 0 Å². The van der Waals surface area contributed by atoms with Crippen molar-refractivity contribution in [1.29, 1.82) is 0 Å². The smallest absolute Gasteiger partial charge is 0.124 e. The van der Waals surface area contributed by atoms with E-state index in [0.29, 0.717) is 17.7 Å². The molecule has 15 heavy (non-hydrogen) atoms. The minimum Gasteiger partial charge on any atom is -0.496 e. The van der Waals surface area contributed by atoms with Gasteiger partial charge in [-0.1, -0.05) is 19.1 Å². The molecule has 3 heteroatoms. The number of methoxy groups -OCH3 is 1. The molecule has 1 unspecified atom stereocenters. The van der Waals surface area contributed by atoms with E-state index in [0.717, 1.165) is 11.8 Å². The fourth-order valence-corrected chi connectivity index (χ4v) is 1.65. The van der Waals surface area contributed by atoms with E-state index in [1.807, 2.05) is 19.1 Å². The van der Waals surface area contributed by atoms with E-state index in [2.05, 4.69) is 0 Å². The molecule has 0 bridgehead atoms. The van der Waals surface area contributed by atoms with Gasteiger partial charge in [0.15, 0.2) is 0 Å². The van der Waals surface area contributed by atoms with Gasteiger partial charge in [-0.05, 0) is 17.5 Å². The SMILES string of the molecule is COc1cccc(C(C)CC=O)c1CF. The van der Waals surface area contributed by atoms with Crippen molar-refractivity contribution in [2.45, 2.75) is 25.9 Å². The number of halogens is 1. The van der Waals surface area contributed by atoms with E-state index < -0.39 is 6.67 Å². The first-order valence-corrected chi connectivity index (χ1v) is 4.90. The fourth-order valence-electron chi connectivity index (χ4n) is 1.65. The second-order valence-electron chi connectivity index (χ2n) is 3.47. The molecule has 0 saturated heterocycles. The van der Waals surface area contributed by atoms with Crippen LogP contribution in [-0.2, 0) is 11.5 Å². The summed E-state index contributed by atoms with van der Waals surface area (Å²) in [4.78, 5) is 10.4. The number of alkyl halides is 1. The lowest BCUT2D eigenvalue weighted by atomic mass is 9.93. The van der Waals surface area contributed by atoms with Gasteiger partial charge in [0.1, 0.15) is 18.7 Å². The molecular formula is C12H15FO2. The molecule has 1 aromatic rings. The summed E-state index contributed by atoms with van der Waals surface area (Å²) in [5, 5.41) is 0. The fraction of sp³-hybridized carbons (Fsp3) is 0.417. The maximum atomic E-state index is 12.9. The van der Waals surface area contributed by atoms with Crippen LogP contribution in [0.15, 0.2) is 18.2 Å². The van der Waals surface area contributed by atoms with Gasteiger partial charge in [-0.15, -0.1) is 0 Å². The number of hydrogen-bond donors (Lipinski definition) is 0. The van der Waals surface area contributed by atoms with Gasteiger partial charge in [0.25, 0.3) is 0 Å². The Balaban J connectivity index is 3.10. The summed E-state index contributed by atoms with van der Waals surface area (Å²) in [5.74, 6) is 0.580. The van der Waals surface area contributed by atoms with Gasteiger partial charge in [0.05, 0.1) is 7.11 Å². The predicted molar refractivity (Wildman–Crippen MR) is 56.9 cm³/mol. The first-order valence-electron chi connectivity index (χ1n) is 4.90. The summed E-state index contributed by atoms with van der Waals surface area (Å²) in [7, 11) is 1.52. The molecule has 0 aliphatic carbocycles. The zero-order valence-corrected chi connectivity index (χ0v) is 9.00. The molecule has 0 aliphatic rings. The minimum atomic E-state index is -0.567. The molecule has 82 valence electrons. The zero-order chi connectivity index (χ0) is 11.3. The van der Waals surface area contributed by atoms with Crippen LogP contribution in [0, 0.1) is 0 Å². The maximum absolute atomic E-state index is 12.9. The standard InChI is InChI=1S/C12H15FO2/c1-9(6-7-14)10-4-3-5-12(15-2)11(10)8-13/h3-5,7,9H,6,8H2,1-2H3. The van der Waals surface area contributed by atoms with Crippen molar-refractivity contribution < 1.29 is 13.9 Å². The number of aldehydes is 1. The number of hydrogen-bond acceptors (Lipinski definition) is 2. The molecule has 0 spiro atoms. The number of benzene rings is 1. The Hall–Kier alpha value is -1.38.